The minimum absolute atomic E-state index is 0.0715. The monoisotopic (exact) mass is 468 g/mol. The van der Waals surface area contributed by atoms with E-state index in [1.54, 1.807) is 36.6 Å². The van der Waals surface area contributed by atoms with Gasteiger partial charge in [-0.05, 0) is 42.0 Å². The number of nitrogens with zero attached hydrogens (tertiary/aromatic N) is 5. The molecule has 4 heterocycles. The molecule has 0 spiro atoms. The van der Waals surface area contributed by atoms with E-state index in [1.165, 1.54) is 27.7 Å². The molecule has 11 heteroatoms. The molecule has 4 aromatic rings. The van der Waals surface area contributed by atoms with Crippen LogP contribution < -0.4 is 5.84 Å². The molecule has 0 saturated carbocycles. The molecule has 0 aliphatic carbocycles. The number of hydrogen-bond acceptors (Lipinski definition) is 8. The number of halogens is 1. The molecule has 0 saturated heterocycles. The van der Waals surface area contributed by atoms with Gasteiger partial charge >= 0.3 is 0 Å². The minimum atomic E-state index is -0.335. The first-order valence-electron chi connectivity index (χ1n) is 9.66. The summed E-state index contributed by atoms with van der Waals surface area (Å²) >= 11 is 7.18. The number of nitrogens with two attached hydrogens (primary N) is 1. The second kappa shape index (κ2) is 8.56. The van der Waals surface area contributed by atoms with Gasteiger partial charge < -0.3 is 14.7 Å². The Morgan fingerprint density at radius 1 is 1.12 bits per heavy atom. The van der Waals surface area contributed by atoms with Crippen LogP contribution in [0, 0.1) is 0 Å². The SMILES string of the molecule is Nn1c(SCC(=O)N2N=C(c3ccc(Cl)cc3)C[C@H]2c2ccco2)nnc1-c1ccco1. The molecule has 0 bridgehead atoms. The number of furan rings is 2. The van der Waals surface area contributed by atoms with Crippen LogP contribution in [0.5, 0.6) is 0 Å². The summed E-state index contributed by atoms with van der Waals surface area (Å²) in [6.45, 7) is 0. The molecule has 1 aliphatic heterocycles. The van der Waals surface area contributed by atoms with Gasteiger partial charge in [-0.25, -0.2) is 9.69 Å². The molecule has 3 aromatic heterocycles. The molecule has 1 atom stereocenters. The summed E-state index contributed by atoms with van der Waals surface area (Å²) in [5.74, 6) is 7.48. The van der Waals surface area contributed by atoms with Gasteiger partial charge in [-0.1, -0.05) is 35.5 Å². The zero-order valence-corrected chi connectivity index (χ0v) is 18.2. The Morgan fingerprint density at radius 2 is 1.91 bits per heavy atom. The summed E-state index contributed by atoms with van der Waals surface area (Å²) in [7, 11) is 0. The predicted molar refractivity (Wildman–Crippen MR) is 119 cm³/mol. The topological polar surface area (TPSA) is 116 Å². The smallest absolute Gasteiger partial charge is 0.253 e. The highest BCUT2D eigenvalue weighted by molar-refractivity contribution is 7.99. The maximum atomic E-state index is 13.1. The van der Waals surface area contributed by atoms with E-state index in [4.69, 9.17) is 26.3 Å². The number of rotatable bonds is 6. The van der Waals surface area contributed by atoms with Gasteiger partial charge in [-0.15, -0.1) is 10.2 Å². The fourth-order valence-corrected chi connectivity index (χ4v) is 4.24. The van der Waals surface area contributed by atoms with Crippen LogP contribution in [0.25, 0.3) is 11.6 Å². The summed E-state index contributed by atoms with van der Waals surface area (Å²) in [4.78, 5) is 13.1. The van der Waals surface area contributed by atoms with Crippen molar-refractivity contribution in [1.29, 1.82) is 0 Å². The standard InChI is InChI=1S/C21H17ClN6O3S/c22-14-7-5-13(6-8-14)15-11-16(17-3-1-9-30-17)28(26-15)19(29)12-32-21-25-24-20(27(21)23)18-4-2-10-31-18/h1-10,16H,11-12,23H2/t16-/m0/s1. The Hall–Kier alpha value is -3.50. The van der Waals surface area contributed by atoms with Crippen LogP contribution in [0.1, 0.15) is 23.8 Å². The van der Waals surface area contributed by atoms with E-state index < -0.39 is 0 Å². The summed E-state index contributed by atoms with van der Waals surface area (Å²) in [5.41, 5.74) is 1.68. The lowest BCUT2D eigenvalue weighted by Gasteiger charge is -2.19. The molecule has 9 nitrogen and oxygen atoms in total. The van der Waals surface area contributed by atoms with Crippen molar-refractivity contribution >= 4 is 35.0 Å². The van der Waals surface area contributed by atoms with E-state index in [1.807, 2.05) is 18.2 Å². The minimum Gasteiger partial charge on any atom is -0.467 e. The number of aromatic nitrogens is 3. The average molecular weight is 469 g/mol. The highest BCUT2D eigenvalue weighted by atomic mass is 35.5. The van der Waals surface area contributed by atoms with E-state index in [9.17, 15) is 4.79 Å². The lowest BCUT2D eigenvalue weighted by Crippen LogP contribution is -2.28. The maximum absolute atomic E-state index is 13.1. The predicted octanol–water partition coefficient (Wildman–Crippen LogP) is 3.97. The molecule has 0 radical (unpaired) electrons. The van der Waals surface area contributed by atoms with Crippen molar-refractivity contribution in [1.82, 2.24) is 19.9 Å². The highest BCUT2D eigenvalue weighted by Gasteiger charge is 2.35. The zero-order chi connectivity index (χ0) is 22.1. The van der Waals surface area contributed by atoms with E-state index in [0.29, 0.717) is 33.9 Å². The van der Waals surface area contributed by atoms with Gasteiger partial charge in [-0.3, -0.25) is 4.79 Å². The summed E-state index contributed by atoms with van der Waals surface area (Å²) in [6.07, 6.45) is 3.64. The molecule has 5 rings (SSSR count). The Balaban J connectivity index is 1.35. The molecule has 32 heavy (non-hydrogen) atoms. The number of carbonyl (C=O) groups excluding carboxylic acids is 1. The second-order valence-corrected chi connectivity index (χ2v) is 8.35. The lowest BCUT2D eigenvalue weighted by atomic mass is 10.0. The van der Waals surface area contributed by atoms with Gasteiger partial charge in [0.1, 0.15) is 11.8 Å². The van der Waals surface area contributed by atoms with Crippen molar-refractivity contribution in [2.45, 2.75) is 17.6 Å². The number of thioether (sulfide) groups is 1. The van der Waals surface area contributed by atoms with Crippen LogP contribution >= 0.6 is 23.4 Å². The van der Waals surface area contributed by atoms with Crippen molar-refractivity contribution in [3.05, 3.63) is 77.4 Å². The van der Waals surface area contributed by atoms with Gasteiger partial charge in [0.05, 0.1) is 24.0 Å². The fraction of sp³-hybridized carbons (Fsp3) is 0.143. The first kappa shape index (κ1) is 20.4. The first-order chi connectivity index (χ1) is 15.6. The van der Waals surface area contributed by atoms with Crippen molar-refractivity contribution in [3.63, 3.8) is 0 Å². The highest BCUT2D eigenvalue weighted by Crippen LogP contribution is 2.34. The summed E-state index contributed by atoms with van der Waals surface area (Å²) in [5, 5.41) is 15.2. The third-order valence-corrected chi connectivity index (χ3v) is 6.13. The van der Waals surface area contributed by atoms with Crippen molar-refractivity contribution in [2.24, 2.45) is 5.10 Å². The zero-order valence-electron chi connectivity index (χ0n) is 16.6. The van der Waals surface area contributed by atoms with Gasteiger partial charge in [-0.2, -0.15) is 5.10 Å². The number of nitrogen functional groups attached to an aromatic ring is 1. The van der Waals surface area contributed by atoms with Gasteiger partial charge in [0.15, 0.2) is 5.76 Å². The third kappa shape index (κ3) is 3.90. The molecule has 1 aliphatic rings. The summed E-state index contributed by atoms with van der Waals surface area (Å²) in [6, 6.07) is 14.1. The number of hydrogen-bond donors (Lipinski definition) is 1. The average Bonchev–Trinajstić information content (AvgIpc) is 3.59. The van der Waals surface area contributed by atoms with Crippen LogP contribution in [-0.4, -0.2) is 37.3 Å². The van der Waals surface area contributed by atoms with Crippen molar-refractivity contribution in [2.75, 3.05) is 11.6 Å². The quantitative estimate of drug-likeness (QED) is 0.336. The number of benzene rings is 1. The normalized spacial score (nSPS) is 15.8. The largest absolute Gasteiger partial charge is 0.467 e. The second-order valence-electron chi connectivity index (χ2n) is 6.97. The Bertz CT molecular complexity index is 1250. The first-order valence-corrected chi connectivity index (χ1v) is 11.0. The van der Waals surface area contributed by atoms with E-state index in [-0.39, 0.29) is 17.7 Å². The van der Waals surface area contributed by atoms with E-state index in [2.05, 4.69) is 15.3 Å². The van der Waals surface area contributed by atoms with Gasteiger partial charge in [0.2, 0.25) is 11.0 Å². The van der Waals surface area contributed by atoms with Crippen LogP contribution in [0.15, 0.2) is 80.1 Å². The third-order valence-electron chi connectivity index (χ3n) is 4.95. The Morgan fingerprint density at radius 3 is 2.62 bits per heavy atom. The van der Waals surface area contributed by atoms with Crippen molar-refractivity contribution in [3.8, 4) is 11.6 Å². The Kier molecular flexibility index (Phi) is 5.46. The van der Waals surface area contributed by atoms with Crippen LogP contribution in [0.4, 0.5) is 0 Å². The lowest BCUT2D eigenvalue weighted by molar-refractivity contribution is -0.130. The van der Waals surface area contributed by atoms with Gasteiger partial charge in [0.25, 0.3) is 5.91 Å². The molecule has 1 aromatic carbocycles. The molecule has 162 valence electrons. The van der Waals surface area contributed by atoms with E-state index >= 15 is 0 Å². The Labute approximate surface area is 191 Å². The fourth-order valence-electron chi connectivity index (χ4n) is 3.40. The van der Waals surface area contributed by atoms with E-state index in [0.717, 1.165) is 11.3 Å². The maximum Gasteiger partial charge on any atom is 0.253 e. The molecule has 0 unspecified atom stereocenters. The summed E-state index contributed by atoms with van der Waals surface area (Å²) < 4.78 is 12.2. The molecular weight excluding hydrogens is 452 g/mol. The number of hydrazone groups is 1. The molecule has 1 amide bonds. The van der Waals surface area contributed by atoms with Crippen LogP contribution in [0.2, 0.25) is 5.02 Å². The van der Waals surface area contributed by atoms with Crippen LogP contribution in [-0.2, 0) is 4.79 Å². The number of carbonyl (C=O) groups is 1. The number of amides is 1. The molecule has 2 N–H and O–H groups in total. The van der Waals surface area contributed by atoms with Crippen molar-refractivity contribution < 1.29 is 13.6 Å². The van der Waals surface area contributed by atoms with Gasteiger partial charge in [0, 0.05) is 11.4 Å². The molecular formula is C21H17ClN6O3S. The van der Waals surface area contributed by atoms with Crippen LogP contribution in [0.3, 0.4) is 0 Å². The molecule has 0 fully saturated rings.